The number of esters is 1. The van der Waals surface area contributed by atoms with Crippen LogP contribution in [0.5, 0.6) is 17.2 Å². The van der Waals surface area contributed by atoms with E-state index in [1.165, 1.54) is 13.2 Å². The van der Waals surface area contributed by atoms with Gasteiger partial charge in [0.25, 0.3) is 0 Å². The molecule has 0 aliphatic rings. The quantitative estimate of drug-likeness (QED) is 0.122. The van der Waals surface area contributed by atoms with Crippen molar-refractivity contribution in [1.82, 2.24) is 0 Å². The van der Waals surface area contributed by atoms with E-state index in [0.717, 1.165) is 16.5 Å². The summed E-state index contributed by atoms with van der Waals surface area (Å²) in [6.07, 6.45) is 1.73. The lowest BCUT2D eigenvalue weighted by Crippen LogP contribution is -2.18. The number of fused-ring (bicyclic) bond motifs is 1. The number of allylic oxidation sites excluding steroid dienone is 1. The lowest BCUT2D eigenvalue weighted by Gasteiger charge is -2.11. The van der Waals surface area contributed by atoms with Crippen LogP contribution in [0.25, 0.3) is 22.6 Å². The van der Waals surface area contributed by atoms with E-state index in [1.54, 1.807) is 42.5 Å². The maximum absolute atomic E-state index is 12.4. The molecular formula is C28H21NO6. The van der Waals surface area contributed by atoms with Gasteiger partial charge in [-0.05, 0) is 54.0 Å². The topological polar surface area (TPSA) is 98.8 Å². The van der Waals surface area contributed by atoms with E-state index in [9.17, 15) is 14.9 Å². The molecule has 0 fully saturated rings. The molecule has 0 radical (unpaired) electrons. The minimum atomic E-state index is -0.639. The summed E-state index contributed by atoms with van der Waals surface area (Å²) in [6, 6.07) is 22.9. The highest BCUT2D eigenvalue weighted by Gasteiger charge is 2.13. The van der Waals surface area contributed by atoms with Crippen LogP contribution in [0.15, 0.2) is 82.0 Å². The van der Waals surface area contributed by atoms with Gasteiger partial charge in [0.15, 0.2) is 18.1 Å². The molecule has 1 aromatic heterocycles. The normalized spacial score (nSPS) is 11.1. The van der Waals surface area contributed by atoms with Crippen LogP contribution in [-0.4, -0.2) is 19.7 Å². The summed E-state index contributed by atoms with van der Waals surface area (Å²) in [5.74, 6) is 0.275. The number of nitriles is 1. The highest BCUT2D eigenvalue weighted by Crippen LogP contribution is 2.30. The standard InChI is InChI=1S/C28H21NO6/c1-18-12-27(30)35-25-15-22(9-10-23(18)25)33-17-28(31)34-24-11-8-19(14-26(24)32-2)13-21(16-29)20-6-4-3-5-7-20/h3-15H,17H2,1-2H3. The molecule has 0 amide bonds. The molecule has 35 heavy (non-hydrogen) atoms. The van der Waals surface area contributed by atoms with E-state index in [-0.39, 0.29) is 12.4 Å². The van der Waals surface area contributed by atoms with Crippen molar-refractivity contribution < 1.29 is 23.4 Å². The first kappa shape index (κ1) is 23.3. The van der Waals surface area contributed by atoms with Gasteiger partial charge in [0.2, 0.25) is 0 Å². The van der Waals surface area contributed by atoms with E-state index >= 15 is 0 Å². The molecule has 4 rings (SSSR count). The molecule has 0 aliphatic carbocycles. The van der Waals surface area contributed by atoms with Crippen LogP contribution in [0.3, 0.4) is 0 Å². The van der Waals surface area contributed by atoms with Gasteiger partial charge in [0.05, 0.1) is 18.8 Å². The van der Waals surface area contributed by atoms with Gasteiger partial charge in [-0.3, -0.25) is 0 Å². The third kappa shape index (κ3) is 5.57. The zero-order valence-electron chi connectivity index (χ0n) is 19.1. The third-order valence-electron chi connectivity index (χ3n) is 5.21. The summed E-state index contributed by atoms with van der Waals surface area (Å²) in [5.41, 5.74) is 2.71. The molecule has 0 atom stereocenters. The van der Waals surface area contributed by atoms with Crippen LogP contribution in [0.2, 0.25) is 0 Å². The number of benzene rings is 3. The van der Waals surface area contributed by atoms with E-state index in [0.29, 0.717) is 28.2 Å². The van der Waals surface area contributed by atoms with Gasteiger partial charge < -0.3 is 18.6 Å². The summed E-state index contributed by atoms with van der Waals surface area (Å²) in [5, 5.41) is 10.3. The largest absolute Gasteiger partial charge is 0.493 e. The second kappa shape index (κ2) is 10.4. The summed E-state index contributed by atoms with van der Waals surface area (Å²) in [4.78, 5) is 24.0. The predicted octanol–water partition coefficient (Wildman–Crippen LogP) is 5.16. The van der Waals surface area contributed by atoms with Gasteiger partial charge in [0, 0.05) is 17.5 Å². The smallest absolute Gasteiger partial charge is 0.349 e. The molecule has 0 saturated heterocycles. The molecule has 0 spiro atoms. The van der Waals surface area contributed by atoms with Crippen molar-refractivity contribution in [1.29, 1.82) is 5.26 Å². The Hall–Kier alpha value is -4.83. The number of carbonyl (C=O) groups excluding carboxylic acids is 1. The van der Waals surface area contributed by atoms with Gasteiger partial charge >= 0.3 is 11.6 Å². The molecule has 0 aliphatic heterocycles. The van der Waals surface area contributed by atoms with Gasteiger partial charge in [-0.2, -0.15) is 5.26 Å². The molecule has 4 aromatic rings. The molecule has 0 saturated carbocycles. The Morgan fingerprint density at radius 2 is 1.83 bits per heavy atom. The second-order valence-electron chi connectivity index (χ2n) is 7.62. The summed E-state index contributed by atoms with van der Waals surface area (Å²) in [7, 11) is 1.46. The molecule has 0 unspecified atom stereocenters. The van der Waals surface area contributed by atoms with Crippen molar-refractivity contribution >= 4 is 28.6 Å². The molecule has 0 bridgehead atoms. The van der Waals surface area contributed by atoms with Gasteiger partial charge in [-0.25, -0.2) is 9.59 Å². The fourth-order valence-corrected chi connectivity index (χ4v) is 3.51. The first-order chi connectivity index (χ1) is 17.0. The molecule has 174 valence electrons. The van der Waals surface area contributed by atoms with Crippen molar-refractivity contribution in [2.75, 3.05) is 13.7 Å². The molecule has 1 heterocycles. The first-order valence-corrected chi connectivity index (χ1v) is 10.7. The van der Waals surface area contributed by atoms with Crippen LogP contribution in [-0.2, 0) is 4.79 Å². The van der Waals surface area contributed by atoms with Gasteiger partial charge in [0.1, 0.15) is 11.3 Å². The number of nitrogens with zero attached hydrogens (tertiary/aromatic N) is 1. The number of carbonyl (C=O) groups is 1. The van der Waals surface area contributed by atoms with Crippen LogP contribution >= 0.6 is 0 Å². The van der Waals surface area contributed by atoms with Gasteiger partial charge in [-0.1, -0.05) is 36.4 Å². The minimum Gasteiger partial charge on any atom is -0.493 e. The lowest BCUT2D eigenvalue weighted by atomic mass is 10.0. The van der Waals surface area contributed by atoms with Crippen LogP contribution < -0.4 is 19.8 Å². The third-order valence-corrected chi connectivity index (χ3v) is 5.21. The Bertz CT molecular complexity index is 1510. The Kier molecular flexibility index (Phi) is 6.94. The first-order valence-electron chi connectivity index (χ1n) is 10.7. The van der Waals surface area contributed by atoms with E-state index in [2.05, 4.69) is 6.07 Å². The molecular weight excluding hydrogens is 446 g/mol. The number of methoxy groups -OCH3 is 1. The van der Waals surface area contributed by atoms with Crippen molar-refractivity contribution in [2.45, 2.75) is 6.92 Å². The van der Waals surface area contributed by atoms with Crippen LogP contribution in [0.4, 0.5) is 0 Å². The SMILES string of the molecule is COc1cc(C=C(C#N)c2ccccc2)ccc1OC(=O)COc1ccc2c(C)cc(=O)oc2c1. The fourth-order valence-electron chi connectivity index (χ4n) is 3.51. The summed E-state index contributed by atoms with van der Waals surface area (Å²) < 4.78 is 21.5. The van der Waals surface area contributed by atoms with Crippen LogP contribution in [0, 0.1) is 18.3 Å². The van der Waals surface area contributed by atoms with E-state index < -0.39 is 11.6 Å². The summed E-state index contributed by atoms with van der Waals surface area (Å²) in [6.45, 7) is 1.45. The number of aryl methyl sites for hydroxylation is 1. The van der Waals surface area contributed by atoms with Crippen molar-refractivity contribution in [3.05, 3.63) is 99.9 Å². The average molecular weight is 467 g/mol. The van der Waals surface area contributed by atoms with Crippen molar-refractivity contribution in [3.8, 4) is 23.3 Å². The minimum absolute atomic E-state index is 0.219. The van der Waals surface area contributed by atoms with Crippen LogP contribution in [0.1, 0.15) is 16.7 Å². The molecule has 3 aromatic carbocycles. The second-order valence-corrected chi connectivity index (χ2v) is 7.62. The number of rotatable bonds is 7. The lowest BCUT2D eigenvalue weighted by molar-refractivity contribution is -0.136. The van der Waals surface area contributed by atoms with E-state index in [4.69, 9.17) is 18.6 Å². The Morgan fingerprint density at radius 1 is 1.03 bits per heavy atom. The highest BCUT2D eigenvalue weighted by molar-refractivity contribution is 5.90. The Balaban J connectivity index is 1.46. The molecule has 0 N–H and O–H groups in total. The van der Waals surface area contributed by atoms with Crippen molar-refractivity contribution in [3.63, 3.8) is 0 Å². The number of ether oxygens (including phenoxy) is 3. The molecule has 7 heteroatoms. The van der Waals surface area contributed by atoms with E-state index in [1.807, 2.05) is 37.3 Å². The fraction of sp³-hybridized carbons (Fsp3) is 0.107. The highest BCUT2D eigenvalue weighted by atomic mass is 16.6. The molecule has 7 nitrogen and oxygen atoms in total. The zero-order chi connectivity index (χ0) is 24.8. The van der Waals surface area contributed by atoms with Gasteiger partial charge in [-0.15, -0.1) is 0 Å². The average Bonchev–Trinajstić information content (AvgIpc) is 2.87. The predicted molar refractivity (Wildman–Crippen MR) is 131 cm³/mol. The maximum atomic E-state index is 12.4. The number of hydrogen-bond donors (Lipinski definition) is 0. The monoisotopic (exact) mass is 467 g/mol. The Labute approximate surface area is 201 Å². The van der Waals surface area contributed by atoms with Crippen molar-refractivity contribution in [2.24, 2.45) is 0 Å². The summed E-state index contributed by atoms with van der Waals surface area (Å²) >= 11 is 0. The Morgan fingerprint density at radius 3 is 2.57 bits per heavy atom. The maximum Gasteiger partial charge on any atom is 0.349 e. The number of hydrogen-bond acceptors (Lipinski definition) is 7. The zero-order valence-corrected chi connectivity index (χ0v) is 19.1.